The smallest absolute Gasteiger partial charge is 0.194 e. The van der Waals surface area contributed by atoms with E-state index in [4.69, 9.17) is 24.4 Å². The van der Waals surface area contributed by atoms with Gasteiger partial charge in [0.05, 0.1) is 26.3 Å². The fourth-order valence-electron chi connectivity index (χ4n) is 2.82. The van der Waals surface area contributed by atoms with Crippen LogP contribution >= 0.6 is 69.8 Å². The Labute approximate surface area is 208 Å². The third kappa shape index (κ3) is 4.53. The van der Waals surface area contributed by atoms with Crippen LogP contribution in [-0.2, 0) is 0 Å². The Morgan fingerprint density at radius 1 is 0.938 bits per heavy atom. The molecule has 6 aromatic rings. The van der Waals surface area contributed by atoms with Gasteiger partial charge in [-0.25, -0.2) is 9.97 Å². The van der Waals surface area contributed by atoms with E-state index in [9.17, 15) is 0 Å². The lowest BCUT2D eigenvalue weighted by Crippen LogP contribution is -1.87. The van der Waals surface area contributed by atoms with E-state index in [1.165, 1.54) is 27.4 Å². The van der Waals surface area contributed by atoms with Crippen LogP contribution in [0.1, 0.15) is 5.69 Å². The van der Waals surface area contributed by atoms with Crippen LogP contribution in [0.4, 0.5) is 0 Å². The lowest BCUT2D eigenvalue weighted by atomic mass is 10.2. The minimum absolute atomic E-state index is 0.690. The highest BCUT2D eigenvalue weighted by Crippen LogP contribution is 2.33. The van der Waals surface area contributed by atoms with Gasteiger partial charge in [-0.15, -0.1) is 11.3 Å². The molecule has 13 heteroatoms. The van der Waals surface area contributed by atoms with E-state index < -0.39 is 0 Å². The largest absolute Gasteiger partial charge is 0.300 e. The van der Waals surface area contributed by atoms with Crippen LogP contribution in [0.2, 0.25) is 0 Å². The maximum absolute atomic E-state index is 5.04. The Morgan fingerprint density at radius 3 is 2.34 bits per heavy atom. The second kappa shape index (κ2) is 9.21. The molecule has 0 amide bonds. The van der Waals surface area contributed by atoms with E-state index in [-0.39, 0.29) is 0 Å². The van der Waals surface area contributed by atoms with Crippen LogP contribution in [0.25, 0.3) is 35.8 Å². The van der Waals surface area contributed by atoms with Crippen LogP contribution < -0.4 is 0 Å². The molecule has 0 fully saturated rings. The third-order valence-corrected chi connectivity index (χ3v) is 8.60. The van der Waals surface area contributed by atoms with Crippen molar-refractivity contribution in [2.24, 2.45) is 0 Å². The van der Waals surface area contributed by atoms with Crippen LogP contribution in [0.3, 0.4) is 0 Å². The van der Waals surface area contributed by atoms with Crippen LogP contribution in [0, 0.1) is 14.8 Å². The van der Waals surface area contributed by atoms with Gasteiger partial charge in [0, 0.05) is 18.0 Å². The number of fused-ring (bicyclic) bond motifs is 1. The number of rotatable bonds is 3. The molecule has 6 rings (SSSR count). The molecule has 32 heavy (non-hydrogen) atoms. The molecule has 5 aromatic heterocycles. The number of nitrogens with zero attached hydrogens (tertiary/aromatic N) is 5. The molecular weight excluding hydrogens is 519 g/mol. The number of hydrogen-bond acceptors (Lipinski definition) is 10. The monoisotopic (exact) mass is 531 g/mol. The normalized spacial score (nSPS) is 10.9. The Morgan fingerprint density at radius 2 is 1.66 bits per heavy atom. The fourth-order valence-corrected chi connectivity index (χ4v) is 6.47. The molecule has 0 atom stereocenters. The molecule has 160 valence electrons. The van der Waals surface area contributed by atoms with E-state index in [1.807, 2.05) is 53.7 Å². The van der Waals surface area contributed by atoms with E-state index in [2.05, 4.69) is 36.4 Å². The minimum atomic E-state index is 0.690. The Kier molecular flexibility index (Phi) is 6.17. The summed E-state index contributed by atoms with van der Waals surface area (Å²) in [5.74, 6) is 0. The highest BCUT2D eigenvalue weighted by Gasteiger charge is 2.13. The van der Waals surface area contributed by atoms with E-state index in [0.29, 0.717) is 7.91 Å². The minimum Gasteiger partial charge on any atom is -0.300 e. The zero-order valence-electron chi connectivity index (χ0n) is 16.3. The SMILES string of the molecule is Cc1nc(-n2cccc2)sc1-c1n[nH]c(=S)s1.S=c1[nH]nc(-c2ccc3ncsc3c2)s1. The summed E-state index contributed by atoms with van der Waals surface area (Å²) in [6, 6.07) is 10.1. The molecule has 0 radical (unpaired) electrons. The van der Waals surface area contributed by atoms with Gasteiger partial charge in [0.1, 0.15) is 5.01 Å². The van der Waals surface area contributed by atoms with Crippen molar-refractivity contribution < 1.29 is 0 Å². The zero-order valence-corrected chi connectivity index (χ0v) is 21.2. The van der Waals surface area contributed by atoms with Gasteiger partial charge in [0.25, 0.3) is 0 Å². The van der Waals surface area contributed by atoms with Gasteiger partial charge < -0.3 is 4.57 Å². The Hall–Kier alpha value is -2.42. The van der Waals surface area contributed by atoms with E-state index in [1.54, 1.807) is 22.7 Å². The van der Waals surface area contributed by atoms with E-state index >= 15 is 0 Å². The summed E-state index contributed by atoms with van der Waals surface area (Å²) in [5, 5.41) is 16.7. The van der Waals surface area contributed by atoms with Crippen molar-refractivity contribution in [3.05, 3.63) is 61.8 Å². The quantitative estimate of drug-likeness (QED) is 0.242. The molecule has 1 aromatic carbocycles. The van der Waals surface area contributed by atoms with Crippen LogP contribution in [-0.4, -0.2) is 34.9 Å². The maximum atomic E-state index is 5.04. The first-order valence-corrected chi connectivity index (χ1v) is 13.3. The predicted molar refractivity (Wildman–Crippen MR) is 138 cm³/mol. The summed E-state index contributed by atoms with van der Waals surface area (Å²) in [4.78, 5) is 9.85. The van der Waals surface area contributed by atoms with E-state index in [0.717, 1.165) is 36.8 Å². The van der Waals surface area contributed by atoms with Gasteiger partial charge in [0.2, 0.25) is 0 Å². The summed E-state index contributed by atoms with van der Waals surface area (Å²) in [7, 11) is 0. The van der Waals surface area contributed by atoms with Crippen molar-refractivity contribution in [1.29, 1.82) is 0 Å². The standard InChI is InChI=1S/C10H8N4S3.C9H5N3S3/c1-6-7(8-12-13-10(15)17-8)16-9(11-6)14-4-2-3-5-14;13-9-12-11-8(15-9)5-1-2-6-7(3-5)14-4-10-6/h2-5H,1H3,(H,13,15);1-4H,(H,12,13). The first-order valence-electron chi connectivity index (χ1n) is 9.12. The average Bonchev–Trinajstić information content (AvgIpc) is 3.59. The summed E-state index contributed by atoms with van der Waals surface area (Å²) >= 11 is 16.3. The zero-order chi connectivity index (χ0) is 22.1. The van der Waals surface area contributed by atoms with Crippen LogP contribution in [0.15, 0.2) is 48.2 Å². The van der Waals surface area contributed by atoms with Gasteiger partial charge in [-0.05, 0) is 61.7 Å². The second-order valence-electron chi connectivity index (χ2n) is 6.37. The molecular formula is C19H13N7S6. The molecule has 0 saturated carbocycles. The molecule has 0 aliphatic rings. The van der Waals surface area contributed by atoms with Crippen molar-refractivity contribution >= 4 is 80.0 Å². The second-order valence-corrected chi connectivity index (χ2v) is 11.6. The molecule has 5 heterocycles. The molecule has 0 aliphatic carbocycles. The third-order valence-electron chi connectivity index (χ3n) is 4.26. The van der Waals surface area contributed by atoms with Crippen molar-refractivity contribution in [3.8, 4) is 25.6 Å². The lowest BCUT2D eigenvalue weighted by molar-refractivity contribution is 1.03. The summed E-state index contributed by atoms with van der Waals surface area (Å²) in [6.07, 6.45) is 3.96. The topological polar surface area (TPSA) is 88.1 Å². The van der Waals surface area contributed by atoms with Crippen molar-refractivity contribution in [2.75, 3.05) is 0 Å². The van der Waals surface area contributed by atoms with Gasteiger partial charge >= 0.3 is 0 Å². The highest BCUT2D eigenvalue weighted by atomic mass is 32.2. The first kappa shape index (κ1) is 21.4. The molecule has 0 unspecified atom stereocenters. The van der Waals surface area contributed by atoms with Crippen molar-refractivity contribution in [1.82, 2.24) is 34.9 Å². The number of thiazole rings is 2. The molecule has 7 nitrogen and oxygen atoms in total. The molecule has 0 spiro atoms. The number of aromatic amines is 2. The number of benzene rings is 1. The summed E-state index contributed by atoms with van der Waals surface area (Å²) < 4.78 is 4.56. The molecule has 2 N–H and O–H groups in total. The summed E-state index contributed by atoms with van der Waals surface area (Å²) in [6.45, 7) is 1.99. The number of nitrogens with one attached hydrogen (secondary N) is 2. The first-order chi connectivity index (χ1) is 15.6. The lowest BCUT2D eigenvalue weighted by Gasteiger charge is -1.94. The number of hydrogen-bond donors (Lipinski definition) is 2. The van der Waals surface area contributed by atoms with Gasteiger partial charge in [-0.1, -0.05) is 34.0 Å². The molecule has 0 bridgehead atoms. The van der Waals surface area contributed by atoms with Crippen molar-refractivity contribution in [2.45, 2.75) is 6.92 Å². The maximum Gasteiger partial charge on any atom is 0.194 e. The highest BCUT2D eigenvalue weighted by molar-refractivity contribution is 7.73. The average molecular weight is 532 g/mol. The molecule has 0 aliphatic heterocycles. The fraction of sp³-hybridized carbons (Fsp3) is 0.0526. The van der Waals surface area contributed by atoms with Gasteiger partial charge in [0.15, 0.2) is 18.0 Å². The predicted octanol–water partition coefficient (Wildman–Crippen LogP) is 6.90. The Balaban J connectivity index is 0.000000136. The number of H-pyrrole nitrogens is 2. The van der Waals surface area contributed by atoms with Gasteiger partial charge in [-0.2, -0.15) is 10.2 Å². The van der Waals surface area contributed by atoms with Crippen LogP contribution in [0.5, 0.6) is 0 Å². The van der Waals surface area contributed by atoms with Gasteiger partial charge in [-0.3, -0.25) is 10.2 Å². The van der Waals surface area contributed by atoms with Crippen molar-refractivity contribution in [3.63, 3.8) is 0 Å². The number of aryl methyl sites for hydroxylation is 1. The number of aromatic nitrogens is 7. The Bertz CT molecular complexity index is 1590. The summed E-state index contributed by atoms with van der Waals surface area (Å²) in [5.41, 5.74) is 4.95. The molecule has 0 saturated heterocycles.